The number of rotatable bonds is 3. The molecule has 1 N–H and O–H groups in total. The third kappa shape index (κ3) is 3.99. The summed E-state index contributed by atoms with van der Waals surface area (Å²) in [5, 5.41) is 3.37. The third-order valence-corrected chi connectivity index (χ3v) is 3.30. The van der Waals surface area contributed by atoms with Gasteiger partial charge in [-0.05, 0) is 31.9 Å². The van der Waals surface area contributed by atoms with Crippen molar-refractivity contribution in [1.82, 2.24) is 10.3 Å². The number of alkyl carbamates (subject to hydrolysis) is 1. The van der Waals surface area contributed by atoms with Crippen LogP contribution in [0, 0.1) is 0 Å². The van der Waals surface area contributed by atoms with E-state index in [1.54, 1.807) is 13.1 Å². The van der Waals surface area contributed by atoms with E-state index in [1.807, 2.05) is 12.1 Å². The number of anilines is 1. The number of carbonyl (C=O) groups is 1. The summed E-state index contributed by atoms with van der Waals surface area (Å²) in [6.07, 6.45) is 3.34. The molecule has 1 aromatic rings. The Morgan fingerprint density at radius 3 is 3.26 bits per heavy atom. The molecule has 0 spiro atoms. The average molecular weight is 284 g/mol. The van der Waals surface area contributed by atoms with Crippen molar-refractivity contribution < 1.29 is 9.53 Å². The van der Waals surface area contributed by atoms with Crippen LogP contribution >= 0.6 is 11.6 Å². The monoisotopic (exact) mass is 283 g/mol. The largest absolute Gasteiger partial charge is 0.450 e. The van der Waals surface area contributed by atoms with Crippen molar-refractivity contribution in [3.05, 3.63) is 23.5 Å². The topological polar surface area (TPSA) is 54.5 Å². The van der Waals surface area contributed by atoms with Gasteiger partial charge in [-0.25, -0.2) is 9.78 Å². The molecule has 1 aliphatic heterocycles. The lowest BCUT2D eigenvalue weighted by molar-refractivity contribution is 0.146. The number of ether oxygens (including phenoxy) is 1. The van der Waals surface area contributed by atoms with E-state index in [1.165, 1.54) is 0 Å². The van der Waals surface area contributed by atoms with Gasteiger partial charge in [-0.1, -0.05) is 11.6 Å². The molecule has 0 bridgehead atoms. The van der Waals surface area contributed by atoms with E-state index in [0.717, 1.165) is 31.6 Å². The number of nitrogens with zero attached hydrogens (tertiary/aromatic N) is 2. The second-order valence-electron chi connectivity index (χ2n) is 4.49. The Morgan fingerprint density at radius 1 is 1.68 bits per heavy atom. The van der Waals surface area contributed by atoms with Crippen molar-refractivity contribution in [2.24, 2.45) is 0 Å². The molecule has 2 rings (SSSR count). The maximum atomic E-state index is 11.4. The Labute approximate surface area is 117 Å². The number of hydrogen-bond donors (Lipinski definition) is 1. The molecule has 19 heavy (non-hydrogen) atoms. The van der Waals surface area contributed by atoms with E-state index in [2.05, 4.69) is 15.2 Å². The van der Waals surface area contributed by atoms with Gasteiger partial charge in [-0.15, -0.1) is 0 Å². The molecule has 1 atom stereocenters. The van der Waals surface area contributed by atoms with Crippen LogP contribution < -0.4 is 10.2 Å². The molecule has 1 unspecified atom stereocenters. The van der Waals surface area contributed by atoms with Gasteiger partial charge < -0.3 is 15.0 Å². The summed E-state index contributed by atoms with van der Waals surface area (Å²) in [6, 6.07) is 3.88. The van der Waals surface area contributed by atoms with E-state index in [9.17, 15) is 4.79 Å². The minimum atomic E-state index is -0.345. The van der Waals surface area contributed by atoms with E-state index >= 15 is 0 Å². The molecule has 0 aromatic carbocycles. The van der Waals surface area contributed by atoms with E-state index in [0.29, 0.717) is 11.8 Å². The summed E-state index contributed by atoms with van der Waals surface area (Å²) in [5.74, 6) is 0. The molecular weight excluding hydrogens is 266 g/mol. The first-order chi connectivity index (χ1) is 9.19. The molecule has 0 radical (unpaired) electrons. The number of pyridine rings is 1. The fraction of sp³-hybridized carbons (Fsp3) is 0.538. The highest BCUT2D eigenvalue weighted by Crippen LogP contribution is 2.21. The SMILES string of the molecule is CCOC(=O)NC1CCCN(c2ccnc(Cl)c2)C1. The predicted molar refractivity (Wildman–Crippen MR) is 74.6 cm³/mol. The van der Waals surface area contributed by atoms with Crippen LogP contribution in [0.4, 0.5) is 10.5 Å². The van der Waals surface area contributed by atoms with E-state index < -0.39 is 0 Å². The van der Waals surface area contributed by atoms with Gasteiger partial charge in [0.05, 0.1) is 6.61 Å². The predicted octanol–water partition coefficient (Wildman–Crippen LogP) is 2.45. The number of piperidine rings is 1. The highest BCUT2D eigenvalue weighted by molar-refractivity contribution is 6.29. The zero-order chi connectivity index (χ0) is 13.7. The van der Waals surface area contributed by atoms with Crippen LogP contribution in [-0.4, -0.2) is 36.8 Å². The summed E-state index contributed by atoms with van der Waals surface area (Å²) < 4.78 is 4.91. The van der Waals surface area contributed by atoms with Gasteiger partial charge in [0, 0.05) is 31.0 Å². The van der Waals surface area contributed by atoms with Crippen molar-refractivity contribution in [1.29, 1.82) is 0 Å². The maximum absolute atomic E-state index is 11.4. The van der Waals surface area contributed by atoms with Crippen LogP contribution in [-0.2, 0) is 4.74 Å². The van der Waals surface area contributed by atoms with Crippen LogP contribution in [0.25, 0.3) is 0 Å². The van der Waals surface area contributed by atoms with Gasteiger partial charge in [0.1, 0.15) is 5.15 Å². The maximum Gasteiger partial charge on any atom is 0.407 e. The van der Waals surface area contributed by atoms with Gasteiger partial charge in [-0.3, -0.25) is 0 Å². The van der Waals surface area contributed by atoms with Crippen molar-refractivity contribution >= 4 is 23.4 Å². The van der Waals surface area contributed by atoms with Crippen LogP contribution in [0.2, 0.25) is 5.15 Å². The fourth-order valence-corrected chi connectivity index (χ4v) is 2.43. The number of halogens is 1. The van der Waals surface area contributed by atoms with Crippen molar-refractivity contribution in [3.8, 4) is 0 Å². The third-order valence-electron chi connectivity index (χ3n) is 3.09. The summed E-state index contributed by atoms with van der Waals surface area (Å²) in [7, 11) is 0. The first kappa shape index (κ1) is 13.9. The molecule has 1 amide bonds. The summed E-state index contributed by atoms with van der Waals surface area (Å²) in [4.78, 5) is 17.6. The molecule has 0 aliphatic carbocycles. The first-order valence-corrected chi connectivity index (χ1v) is 6.86. The van der Waals surface area contributed by atoms with Gasteiger partial charge in [-0.2, -0.15) is 0 Å². The second kappa shape index (κ2) is 6.61. The minimum Gasteiger partial charge on any atom is -0.450 e. The average Bonchev–Trinajstić information content (AvgIpc) is 2.39. The van der Waals surface area contributed by atoms with Gasteiger partial charge in [0.2, 0.25) is 0 Å². The van der Waals surface area contributed by atoms with E-state index in [-0.39, 0.29) is 12.1 Å². The molecule has 1 aliphatic rings. The minimum absolute atomic E-state index is 0.111. The lowest BCUT2D eigenvalue weighted by Gasteiger charge is -2.34. The summed E-state index contributed by atoms with van der Waals surface area (Å²) in [6.45, 7) is 3.91. The summed E-state index contributed by atoms with van der Waals surface area (Å²) in [5.41, 5.74) is 1.04. The second-order valence-corrected chi connectivity index (χ2v) is 4.87. The number of carbonyl (C=O) groups excluding carboxylic acids is 1. The Kier molecular flexibility index (Phi) is 4.85. The van der Waals surface area contributed by atoms with Gasteiger partial charge >= 0.3 is 6.09 Å². The fourth-order valence-electron chi connectivity index (χ4n) is 2.26. The number of hydrogen-bond acceptors (Lipinski definition) is 4. The molecule has 1 aromatic heterocycles. The highest BCUT2D eigenvalue weighted by Gasteiger charge is 2.22. The summed E-state index contributed by atoms with van der Waals surface area (Å²) >= 11 is 5.90. The van der Waals surface area contributed by atoms with Crippen LogP contribution in [0.15, 0.2) is 18.3 Å². The van der Waals surface area contributed by atoms with Crippen molar-refractivity contribution in [3.63, 3.8) is 0 Å². The zero-order valence-electron chi connectivity index (χ0n) is 10.9. The number of aromatic nitrogens is 1. The van der Waals surface area contributed by atoms with Crippen LogP contribution in [0.5, 0.6) is 0 Å². The number of amides is 1. The van der Waals surface area contributed by atoms with Gasteiger partial charge in [0.25, 0.3) is 0 Å². The van der Waals surface area contributed by atoms with Crippen molar-refractivity contribution in [2.75, 3.05) is 24.6 Å². The molecule has 2 heterocycles. The smallest absolute Gasteiger partial charge is 0.407 e. The van der Waals surface area contributed by atoms with Crippen molar-refractivity contribution in [2.45, 2.75) is 25.8 Å². The number of nitrogens with one attached hydrogen (secondary N) is 1. The molecule has 5 nitrogen and oxygen atoms in total. The highest BCUT2D eigenvalue weighted by atomic mass is 35.5. The lowest BCUT2D eigenvalue weighted by atomic mass is 10.1. The molecule has 0 saturated carbocycles. The zero-order valence-corrected chi connectivity index (χ0v) is 11.7. The Hall–Kier alpha value is -1.49. The quantitative estimate of drug-likeness (QED) is 0.866. The molecule has 1 fully saturated rings. The molecule has 6 heteroatoms. The Morgan fingerprint density at radius 2 is 2.53 bits per heavy atom. The molecule has 1 saturated heterocycles. The Balaban J connectivity index is 1.95. The van der Waals surface area contributed by atoms with Gasteiger partial charge in [0.15, 0.2) is 0 Å². The van der Waals surface area contributed by atoms with Crippen LogP contribution in [0.1, 0.15) is 19.8 Å². The lowest BCUT2D eigenvalue weighted by Crippen LogP contribution is -2.48. The van der Waals surface area contributed by atoms with E-state index in [4.69, 9.17) is 16.3 Å². The molecular formula is C13H18ClN3O2. The Bertz CT molecular complexity index is 442. The molecule has 104 valence electrons. The first-order valence-electron chi connectivity index (χ1n) is 6.49. The standard InChI is InChI=1S/C13H18ClN3O2/c1-2-19-13(18)16-10-4-3-7-17(9-10)11-5-6-15-12(14)8-11/h5-6,8,10H,2-4,7,9H2,1H3,(H,16,18). The normalized spacial score (nSPS) is 19.1. The van der Waals surface area contributed by atoms with Crippen LogP contribution in [0.3, 0.4) is 0 Å².